The number of urea groups is 2. The molecule has 80 valence electrons. The lowest BCUT2D eigenvalue weighted by Gasteiger charge is -1.86. The summed E-state index contributed by atoms with van der Waals surface area (Å²) in [4.78, 5) is 37.9. The Hall–Kier alpha value is -2.52. The van der Waals surface area contributed by atoms with Gasteiger partial charge in [-0.3, -0.25) is 0 Å². The van der Waals surface area contributed by atoms with Crippen molar-refractivity contribution in [2.24, 2.45) is 11.5 Å². The van der Waals surface area contributed by atoms with Crippen LogP contribution in [0.3, 0.4) is 0 Å². The van der Waals surface area contributed by atoms with Gasteiger partial charge in [0.25, 0.3) is 0 Å². The van der Waals surface area contributed by atoms with Crippen LogP contribution in [0.25, 0.3) is 0 Å². The van der Waals surface area contributed by atoms with Gasteiger partial charge < -0.3 is 21.7 Å². The maximum absolute atomic E-state index is 9.54. The Bertz CT molecular complexity index is 200. The highest BCUT2D eigenvalue weighted by atomic mass is 16.4. The Balaban J connectivity index is 0. The topological polar surface area (TPSA) is 185 Å². The number of imide groups is 2. The van der Waals surface area contributed by atoms with Gasteiger partial charge in [-0.05, 0) is 0 Å². The molecule has 0 aliphatic rings. The quantitative estimate of drug-likeness (QED) is 0.286. The molecule has 0 saturated heterocycles. The van der Waals surface area contributed by atoms with Crippen LogP contribution in [-0.2, 0) is 0 Å². The Morgan fingerprint density at radius 2 is 1.00 bits per heavy atom. The van der Waals surface area contributed by atoms with Gasteiger partial charge in [0.05, 0.1) is 0 Å². The molecular weight excluding hydrogens is 200 g/mol. The van der Waals surface area contributed by atoms with Gasteiger partial charge in [0.15, 0.2) is 0 Å². The molecular formula is C4H8N4O6. The van der Waals surface area contributed by atoms with Crippen molar-refractivity contribution in [2.75, 3.05) is 0 Å². The number of carbonyl (C=O) groups is 4. The number of hydrogen-bond donors (Lipinski definition) is 6. The summed E-state index contributed by atoms with van der Waals surface area (Å²) >= 11 is 0. The summed E-state index contributed by atoms with van der Waals surface area (Å²) in [6, 6.07) is -2.13. The summed E-state index contributed by atoms with van der Waals surface area (Å²) in [5.74, 6) is 0. The van der Waals surface area contributed by atoms with Crippen molar-refractivity contribution in [3.8, 4) is 0 Å². The molecule has 0 rings (SSSR count). The van der Waals surface area contributed by atoms with E-state index in [1.54, 1.807) is 0 Å². The first-order valence-corrected chi connectivity index (χ1v) is 2.84. The molecule has 0 atom stereocenters. The van der Waals surface area contributed by atoms with E-state index in [4.69, 9.17) is 10.2 Å². The minimum atomic E-state index is -1.44. The first kappa shape index (κ1) is 14.0. The zero-order valence-corrected chi connectivity index (χ0v) is 6.68. The Labute approximate surface area is 76.9 Å². The molecule has 0 saturated carbocycles. The van der Waals surface area contributed by atoms with Crippen LogP contribution >= 0.6 is 0 Å². The third-order valence-electron chi connectivity index (χ3n) is 0.460. The second-order valence-electron chi connectivity index (χ2n) is 1.59. The van der Waals surface area contributed by atoms with Crippen LogP contribution in [0.5, 0.6) is 0 Å². The van der Waals surface area contributed by atoms with Crippen molar-refractivity contribution in [2.45, 2.75) is 0 Å². The highest BCUT2D eigenvalue weighted by Crippen LogP contribution is 1.56. The van der Waals surface area contributed by atoms with Crippen molar-refractivity contribution >= 4 is 24.2 Å². The molecule has 0 aliphatic heterocycles. The number of primary amides is 2. The van der Waals surface area contributed by atoms with E-state index in [0.29, 0.717) is 0 Å². The van der Waals surface area contributed by atoms with Crippen molar-refractivity contribution in [1.29, 1.82) is 0 Å². The lowest BCUT2D eigenvalue weighted by atomic mass is 11.0. The zero-order valence-electron chi connectivity index (χ0n) is 6.68. The molecule has 14 heavy (non-hydrogen) atoms. The number of nitrogens with one attached hydrogen (secondary N) is 2. The van der Waals surface area contributed by atoms with Crippen molar-refractivity contribution < 1.29 is 29.4 Å². The van der Waals surface area contributed by atoms with Crippen LogP contribution in [0.2, 0.25) is 0 Å². The Morgan fingerprint density at radius 3 is 1.00 bits per heavy atom. The first-order chi connectivity index (χ1) is 6.25. The molecule has 0 bridgehead atoms. The highest BCUT2D eigenvalue weighted by molar-refractivity contribution is 5.88. The van der Waals surface area contributed by atoms with E-state index in [1.807, 2.05) is 0 Å². The van der Waals surface area contributed by atoms with Crippen molar-refractivity contribution in [3.63, 3.8) is 0 Å². The van der Waals surface area contributed by atoms with Crippen molar-refractivity contribution in [1.82, 2.24) is 10.6 Å². The molecule has 0 aromatic carbocycles. The monoisotopic (exact) mass is 208 g/mol. The molecule has 10 nitrogen and oxygen atoms in total. The fourth-order valence-corrected chi connectivity index (χ4v) is 0.211. The van der Waals surface area contributed by atoms with Crippen molar-refractivity contribution in [3.05, 3.63) is 0 Å². The van der Waals surface area contributed by atoms with Gasteiger partial charge in [0.1, 0.15) is 0 Å². The third kappa shape index (κ3) is 22.7. The number of carbonyl (C=O) groups excluding carboxylic acids is 2. The minimum absolute atomic E-state index is 1.06. The molecule has 10 heteroatoms. The van der Waals surface area contributed by atoms with E-state index in [9.17, 15) is 19.2 Å². The molecule has 0 aromatic rings. The summed E-state index contributed by atoms with van der Waals surface area (Å²) in [5.41, 5.74) is 8.72. The highest BCUT2D eigenvalue weighted by Gasteiger charge is 1.95. The lowest BCUT2D eigenvalue weighted by Crippen LogP contribution is -2.33. The fourth-order valence-electron chi connectivity index (χ4n) is 0.211. The van der Waals surface area contributed by atoms with Gasteiger partial charge in [-0.2, -0.15) is 0 Å². The molecule has 0 aromatic heterocycles. The Kier molecular flexibility index (Phi) is 7.16. The SMILES string of the molecule is NC(=O)NC(=O)O.NC(=O)NC(=O)O. The average Bonchev–Trinajstić information content (AvgIpc) is 1.79. The first-order valence-electron chi connectivity index (χ1n) is 2.84. The van der Waals surface area contributed by atoms with Crippen LogP contribution in [0, 0.1) is 0 Å². The van der Waals surface area contributed by atoms with E-state index < -0.39 is 24.2 Å². The van der Waals surface area contributed by atoms with Gasteiger partial charge in [-0.15, -0.1) is 0 Å². The summed E-state index contributed by atoms with van der Waals surface area (Å²) in [7, 11) is 0. The van der Waals surface area contributed by atoms with Gasteiger partial charge >= 0.3 is 24.2 Å². The molecule has 0 fully saturated rings. The predicted octanol–water partition coefficient (Wildman–Crippen LogP) is -1.33. The second-order valence-corrected chi connectivity index (χ2v) is 1.59. The summed E-state index contributed by atoms with van der Waals surface area (Å²) in [6.45, 7) is 0. The van der Waals surface area contributed by atoms with E-state index in [2.05, 4.69) is 11.5 Å². The number of nitrogens with two attached hydrogens (primary N) is 2. The maximum Gasteiger partial charge on any atom is 0.412 e. The second kappa shape index (κ2) is 7.15. The van der Waals surface area contributed by atoms with Crippen LogP contribution in [0.4, 0.5) is 19.2 Å². The smallest absolute Gasteiger partial charge is 0.412 e. The summed E-state index contributed by atoms with van der Waals surface area (Å²) in [6.07, 6.45) is -2.87. The number of rotatable bonds is 0. The maximum atomic E-state index is 9.54. The molecule has 0 spiro atoms. The standard InChI is InChI=1S/2C2H4N2O3/c2*3-1(5)4-2(6)7/h2*(H,6,7)(H3,3,4,5). The minimum Gasteiger partial charge on any atom is -0.465 e. The van der Waals surface area contributed by atoms with Gasteiger partial charge in [0.2, 0.25) is 0 Å². The molecule has 0 radical (unpaired) electrons. The number of carboxylic acid groups (broad SMARTS) is 2. The largest absolute Gasteiger partial charge is 0.465 e. The summed E-state index contributed by atoms with van der Waals surface area (Å²) < 4.78 is 0. The predicted molar refractivity (Wildman–Crippen MR) is 41.5 cm³/mol. The van der Waals surface area contributed by atoms with Gasteiger partial charge in [-0.1, -0.05) is 0 Å². The van der Waals surface area contributed by atoms with Crippen LogP contribution < -0.4 is 22.1 Å². The van der Waals surface area contributed by atoms with Crippen LogP contribution in [0.15, 0.2) is 0 Å². The third-order valence-corrected chi connectivity index (χ3v) is 0.460. The van der Waals surface area contributed by atoms with E-state index in [0.717, 1.165) is 0 Å². The van der Waals surface area contributed by atoms with E-state index in [1.165, 1.54) is 10.6 Å². The van der Waals surface area contributed by atoms with Crippen LogP contribution in [-0.4, -0.2) is 34.5 Å². The molecule has 6 amide bonds. The zero-order chi connectivity index (χ0) is 11.7. The van der Waals surface area contributed by atoms with Gasteiger partial charge in [-0.25, -0.2) is 29.8 Å². The average molecular weight is 208 g/mol. The molecule has 0 aliphatic carbocycles. The van der Waals surface area contributed by atoms with Gasteiger partial charge in [0, 0.05) is 0 Å². The molecule has 0 heterocycles. The molecule has 8 N–H and O–H groups in total. The number of amides is 6. The summed E-state index contributed by atoms with van der Waals surface area (Å²) in [5, 5.41) is 18.1. The van der Waals surface area contributed by atoms with Crippen LogP contribution in [0.1, 0.15) is 0 Å². The van der Waals surface area contributed by atoms with E-state index >= 15 is 0 Å². The molecule has 0 unspecified atom stereocenters. The van der Waals surface area contributed by atoms with E-state index in [-0.39, 0.29) is 0 Å². The lowest BCUT2D eigenvalue weighted by molar-refractivity contribution is 0.191. The number of hydrogen-bond acceptors (Lipinski definition) is 4. The normalized spacial score (nSPS) is 7.43. The fraction of sp³-hybridized carbons (Fsp3) is 0. The Morgan fingerprint density at radius 1 is 0.786 bits per heavy atom.